The minimum atomic E-state index is 0.754. The van der Waals surface area contributed by atoms with Gasteiger partial charge in [-0.3, -0.25) is 4.84 Å². The molecule has 0 spiro atoms. The lowest BCUT2D eigenvalue weighted by Crippen LogP contribution is -2.43. The maximum Gasteiger partial charge on any atom is 0.170 e. The van der Waals surface area contributed by atoms with Gasteiger partial charge >= 0.3 is 0 Å². The minimum absolute atomic E-state index is 0.754. The summed E-state index contributed by atoms with van der Waals surface area (Å²) in [6, 6.07) is 5.72. The summed E-state index contributed by atoms with van der Waals surface area (Å²) in [4.78, 5) is 9.46. The molecule has 1 aliphatic heterocycles. The molecule has 4 nitrogen and oxygen atoms in total. The summed E-state index contributed by atoms with van der Waals surface area (Å²) in [6.45, 7) is 1.69. The van der Waals surface area contributed by atoms with Gasteiger partial charge in [0.2, 0.25) is 0 Å². The minimum Gasteiger partial charge on any atom is -0.256 e. The Balaban J connectivity index is 2.08. The molecule has 0 radical (unpaired) electrons. The summed E-state index contributed by atoms with van der Waals surface area (Å²) in [5, 5.41) is 1.61. The van der Waals surface area contributed by atoms with Crippen LogP contribution in [0.15, 0.2) is 24.4 Å². The standard InChI is InChI=1S/C8H11N3O/c1-2-5-9-8(4-1)11-10-6-3-7-12-11/h1-2,4-5,10H,3,6-7H2. The zero-order valence-electron chi connectivity index (χ0n) is 6.73. The fraction of sp³-hybridized carbons (Fsp3) is 0.375. The van der Waals surface area contributed by atoms with Crippen molar-refractivity contribution in [1.29, 1.82) is 0 Å². The van der Waals surface area contributed by atoms with Crippen molar-refractivity contribution >= 4 is 5.82 Å². The van der Waals surface area contributed by atoms with Gasteiger partial charge in [-0.05, 0) is 18.6 Å². The second-order valence-corrected chi connectivity index (χ2v) is 2.58. The second-order valence-electron chi connectivity index (χ2n) is 2.58. The van der Waals surface area contributed by atoms with Gasteiger partial charge < -0.3 is 0 Å². The predicted octanol–water partition coefficient (Wildman–Crippen LogP) is 0.728. The number of nitrogens with zero attached hydrogens (tertiary/aromatic N) is 2. The van der Waals surface area contributed by atoms with Gasteiger partial charge in [0, 0.05) is 12.7 Å². The van der Waals surface area contributed by atoms with Crippen LogP contribution in [0, 0.1) is 0 Å². The third kappa shape index (κ3) is 1.54. The summed E-state index contributed by atoms with van der Waals surface area (Å²) in [5.74, 6) is 0.803. The van der Waals surface area contributed by atoms with Crippen molar-refractivity contribution in [2.75, 3.05) is 18.3 Å². The van der Waals surface area contributed by atoms with Crippen molar-refractivity contribution in [3.8, 4) is 0 Å². The average molecular weight is 165 g/mol. The monoisotopic (exact) mass is 165 g/mol. The fourth-order valence-electron chi connectivity index (χ4n) is 1.08. The van der Waals surface area contributed by atoms with Crippen LogP contribution in [-0.4, -0.2) is 18.1 Å². The number of anilines is 1. The van der Waals surface area contributed by atoms with Crippen LogP contribution < -0.4 is 10.6 Å². The van der Waals surface area contributed by atoms with E-state index in [9.17, 15) is 0 Å². The summed E-state index contributed by atoms with van der Waals surface area (Å²) in [5.41, 5.74) is 3.08. The van der Waals surface area contributed by atoms with Crippen LogP contribution in [0.1, 0.15) is 6.42 Å². The number of nitrogens with one attached hydrogen (secondary N) is 1. The molecule has 2 heterocycles. The molecule has 12 heavy (non-hydrogen) atoms. The lowest BCUT2D eigenvalue weighted by molar-refractivity contribution is 0.0498. The van der Waals surface area contributed by atoms with Gasteiger partial charge in [-0.2, -0.15) is 5.17 Å². The van der Waals surface area contributed by atoms with Crippen LogP contribution >= 0.6 is 0 Å². The maximum absolute atomic E-state index is 5.32. The first-order chi connectivity index (χ1) is 5.97. The molecule has 0 saturated carbocycles. The molecule has 0 aromatic carbocycles. The van der Waals surface area contributed by atoms with Crippen molar-refractivity contribution in [3.63, 3.8) is 0 Å². The SMILES string of the molecule is c1ccc(N2NCCCO2)nc1. The van der Waals surface area contributed by atoms with Crippen molar-refractivity contribution in [2.45, 2.75) is 6.42 Å². The van der Waals surface area contributed by atoms with E-state index in [0.29, 0.717) is 0 Å². The predicted molar refractivity (Wildman–Crippen MR) is 45.3 cm³/mol. The highest BCUT2D eigenvalue weighted by atomic mass is 16.7. The number of hydrogen-bond donors (Lipinski definition) is 1. The van der Waals surface area contributed by atoms with E-state index in [1.165, 1.54) is 0 Å². The van der Waals surface area contributed by atoms with Gasteiger partial charge in [-0.15, -0.1) is 0 Å². The topological polar surface area (TPSA) is 37.4 Å². The normalized spacial score (nSPS) is 17.8. The molecule has 0 unspecified atom stereocenters. The van der Waals surface area contributed by atoms with Crippen molar-refractivity contribution in [1.82, 2.24) is 10.4 Å². The number of aromatic nitrogens is 1. The molecular formula is C8H11N3O. The molecule has 64 valence electrons. The molecule has 0 amide bonds. The Labute approximate surface area is 71.1 Å². The van der Waals surface area contributed by atoms with Crippen molar-refractivity contribution in [3.05, 3.63) is 24.4 Å². The largest absolute Gasteiger partial charge is 0.256 e. The van der Waals surface area contributed by atoms with E-state index in [-0.39, 0.29) is 0 Å². The van der Waals surface area contributed by atoms with Crippen LogP contribution in [-0.2, 0) is 4.84 Å². The van der Waals surface area contributed by atoms with Gasteiger partial charge in [-0.25, -0.2) is 10.4 Å². The molecule has 1 saturated heterocycles. The Bertz CT molecular complexity index is 233. The van der Waals surface area contributed by atoms with Crippen LogP contribution in [0.4, 0.5) is 5.82 Å². The highest BCUT2D eigenvalue weighted by molar-refractivity contribution is 5.32. The summed E-state index contributed by atoms with van der Waals surface area (Å²) >= 11 is 0. The second kappa shape index (κ2) is 3.51. The van der Waals surface area contributed by atoms with E-state index in [1.807, 2.05) is 18.2 Å². The Morgan fingerprint density at radius 2 is 2.50 bits per heavy atom. The van der Waals surface area contributed by atoms with Crippen LogP contribution in [0.5, 0.6) is 0 Å². The molecule has 0 atom stereocenters. The van der Waals surface area contributed by atoms with Crippen LogP contribution in [0.3, 0.4) is 0 Å². The van der Waals surface area contributed by atoms with E-state index in [0.717, 1.165) is 25.4 Å². The zero-order valence-corrected chi connectivity index (χ0v) is 6.73. The smallest absolute Gasteiger partial charge is 0.170 e. The first-order valence-corrected chi connectivity index (χ1v) is 4.04. The lowest BCUT2D eigenvalue weighted by Gasteiger charge is -2.26. The van der Waals surface area contributed by atoms with Gasteiger partial charge in [0.1, 0.15) is 0 Å². The molecule has 2 rings (SSSR count). The van der Waals surface area contributed by atoms with E-state index < -0.39 is 0 Å². The van der Waals surface area contributed by atoms with Crippen LogP contribution in [0.2, 0.25) is 0 Å². The van der Waals surface area contributed by atoms with Gasteiger partial charge in [0.25, 0.3) is 0 Å². The van der Waals surface area contributed by atoms with Gasteiger partial charge in [-0.1, -0.05) is 6.07 Å². The third-order valence-corrected chi connectivity index (χ3v) is 1.65. The number of hydrogen-bond acceptors (Lipinski definition) is 4. The maximum atomic E-state index is 5.32. The summed E-state index contributed by atoms with van der Waals surface area (Å²) in [7, 11) is 0. The Morgan fingerprint density at radius 1 is 1.50 bits per heavy atom. The van der Waals surface area contributed by atoms with Crippen molar-refractivity contribution < 1.29 is 4.84 Å². The molecule has 0 bridgehead atoms. The third-order valence-electron chi connectivity index (χ3n) is 1.65. The highest BCUT2D eigenvalue weighted by Gasteiger charge is 2.10. The Kier molecular flexibility index (Phi) is 2.20. The average Bonchev–Trinajstić information content (AvgIpc) is 2.21. The van der Waals surface area contributed by atoms with E-state index in [4.69, 9.17) is 4.84 Å². The molecule has 4 heteroatoms. The molecule has 1 aromatic rings. The van der Waals surface area contributed by atoms with Crippen LogP contribution in [0.25, 0.3) is 0 Å². The molecule has 1 fully saturated rings. The Hall–Kier alpha value is -1.13. The Morgan fingerprint density at radius 3 is 3.17 bits per heavy atom. The summed E-state index contributed by atoms with van der Waals surface area (Å²) in [6.07, 6.45) is 2.79. The lowest BCUT2D eigenvalue weighted by atomic mass is 10.4. The number of rotatable bonds is 1. The van der Waals surface area contributed by atoms with E-state index >= 15 is 0 Å². The van der Waals surface area contributed by atoms with Gasteiger partial charge in [0.15, 0.2) is 5.82 Å². The number of pyridine rings is 1. The van der Waals surface area contributed by atoms with Crippen molar-refractivity contribution in [2.24, 2.45) is 0 Å². The van der Waals surface area contributed by atoms with Gasteiger partial charge in [0.05, 0.1) is 6.61 Å². The zero-order chi connectivity index (χ0) is 8.23. The molecule has 1 N–H and O–H groups in total. The highest BCUT2D eigenvalue weighted by Crippen LogP contribution is 2.09. The molecular weight excluding hydrogens is 154 g/mol. The fourth-order valence-corrected chi connectivity index (χ4v) is 1.08. The number of hydrazine groups is 1. The van der Waals surface area contributed by atoms with E-state index in [1.54, 1.807) is 11.4 Å². The first-order valence-electron chi connectivity index (χ1n) is 4.04. The molecule has 1 aromatic heterocycles. The molecule has 1 aliphatic rings. The first kappa shape index (κ1) is 7.52. The summed E-state index contributed by atoms with van der Waals surface area (Å²) < 4.78 is 0. The quantitative estimate of drug-likeness (QED) is 0.665. The molecule has 0 aliphatic carbocycles. The van der Waals surface area contributed by atoms with E-state index in [2.05, 4.69) is 10.4 Å².